The number of carbonyl (C=O) groups is 1. The highest BCUT2D eigenvalue weighted by atomic mass is 35.5. The highest BCUT2D eigenvalue weighted by Gasteiger charge is 2.14. The molecule has 0 unspecified atom stereocenters. The van der Waals surface area contributed by atoms with E-state index in [-0.39, 0.29) is 23.6 Å². The Morgan fingerprint density at radius 3 is 2.63 bits per heavy atom. The zero-order valence-electron chi connectivity index (χ0n) is 18.3. The lowest BCUT2D eigenvalue weighted by atomic mass is 10.1. The summed E-state index contributed by atoms with van der Waals surface area (Å²) in [7, 11) is 0. The molecule has 1 amide bonds. The van der Waals surface area contributed by atoms with Gasteiger partial charge in [0.25, 0.3) is 11.6 Å². The number of hydrogen-bond acceptors (Lipinski definition) is 5. The molecule has 0 atom stereocenters. The quantitative estimate of drug-likeness (QED) is 0.139. The molecule has 0 aromatic heterocycles. The molecule has 4 aromatic carbocycles. The van der Waals surface area contributed by atoms with Gasteiger partial charge in [0.2, 0.25) is 0 Å². The van der Waals surface area contributed by atoms with Gasteiger partial charge in [0.1, 0.15) is 24.0 Å². The maximum absolute atomic E-state index is 12.7. The summed E-state index contributed by atoms with van der Waals surface area (Å²) in [5, 5.41) is 25.7. The van der Waals surface area contributed by atoms with Crippen molar-refractivity contribution in [3.63, 3.8) is 0 Å². The van der Waals surface area contributed by atoms with Crippen LogP contribution in [0.4, 0.5) is 11.4 Å². The highest BCUT2D eigenvalue weighted by molar-refractivity contribution is 6.30. The molecule has 7 nitrogen and oxygen atoms in total. The molecule has 0 aliphatic rings. The molecule has 0 saturated heterocycles. The Morgan fingerprint density at radius 1 is 1.06 bits per heavy atom. The van der Waals surface area contributed by atoms with Crippen LogP contribution in [0.25, 0.3) is 16.8 Å². The van der Waals surface area contributed by atoms with Gasteiger partial charge in [0.05, 0.1) is 4.92 Å². The zero-order chi connectivity index (χ0) is 24.8. The van der Waals surface area contributed by atoms with Crippen molar-refractivity contribution in [1.82, 2.24) is 0 Å². The maximum atomic E-state index is 12.7. The summed E-state index contributed by atoms with van der Waals surface area (Å²) in [4.78, 5) is 23.1. The predicted octanol–water partition coefficient (Wildman–Crippen LogP) is 6.53. The zero-order valence-corrected chi connectivity index (χ0v) is 19.0. The number of carbonyl (C=O) groups excluding carboxylic acids is 1. The van der Waals surface area contributed by atoms with Gasteiger partial charge in [0, 0.05) is 28.4 Å². The molecule has 0 fully saturated rings. The summed E-state index contributed by atoms with van der Waals surface area (Å²) in [5.41, 5.74) is 1.24. The lowest BCUT2D eigenvalue weighted by Gasteiger charge is -2.12. The first kappa shape index (κ1) is 23.5. The Hall–Kier alpha value is -4.67. The predicted molar refractivity (Wildman–Crippen MR) is 135 cm³/mol. The van der Waals surface area contributed by atoms with E-state index >= 15 is 0 Å². The van der Waals surface area contributed by atoms with E-state index in [0.29, 0.717) is 16.3 Å². The Kier molecular flexibility index (Phi) is 7.05. The maximum Gasteiger partial charge on any atom is 0.271 e. The second kappa shape index (κ2) is 10.5. The highest BCUT2D eigenvalue weighted by Crippen LogP contribution is 2.28. The second-order valence-corrected chi connectivity index (χ2v) is 7.98. The fourth-order valence-electron chi connectivity index (χ4n) is 3.54. The first-order valence-electron chi connectivity index (χ1n) is 10.5. The third kappa shape index (κ3) is 5.64. The molecule has 0 aliphatic heterocycles. The third-order valence-electron chi connectivity index (χ3n) is 5.21. The summed E-state index contributed by atoms with van der Waals surface area (Å²) in [5.74, 6) is -0.272. The number of anilines is 1. The van der Waals surface area contributed by atoms with Crippen LogP contribution in [0, 0.1) is 21.4 Å². The summed E-state index contributed by atoms with van der Waals surface area (Å²) in [6, 6.07) is 26.2. The van der Waals surface area contributed by atoms with E-state index < -0.39 is 10.8 Å². The molecular weight excluding hydrogens is 466 g/mol. The number of nitro benzene ring substituents is 1. The molecule has 172 valence electrons. The number of ether oxygens (including phenoxy) is 1. The van der Waals surface area contributed by atoms with E-state index in [9.17, 15) is 20.2 Å². The lowest BCUT2D eigenvalue weighted by molar-refractivity contribution is -0.384. The fourth-order valence-corrected chi connectivity index (χ4v) is 3.72. The van der Waals surface area contributed by atoms with Crippen LogP contribution < -0.4 is 10.1 Å². The Bertz CT molecular complexity index is 1500. The average Bonchev–Trinajstić information content (AvgIpc) is 2.86. The third-order valence-corrected chi connectivity index (χ3v) is 5.45. The number of nitro groups is 1. The largest absolute Gasteiger partial charge is 0.488 e. The van der Waals surface area contributed by atoms with Gasteiger partial charge in [0.15, 0.2) is 0 Å². The standard InChI is InChI=1S/C27H18ClN3O4/c28-22-11-12-26(35-17-19-7-3-6-18-5-1-2-10-25(18)19)20(14-22)13-21(16-29)27(32)30-23-8-4-9-24(15-23)31(33)34/h1-15H,17H2,(H,30,32)/b21-13+. The average molecular weight is 484 g/mol. The smallest absolute Gasteiger partial charge is 0.271 e. The van der Waals surface area contributed by atoms with Gasteiger partial charge in [-0.2, -0.15) is 5.26 Å². The van der Waals surface area contributed by atoms with E-state index in [1.54, 1.807) is 18.2 Å². The number of nitrogens with zero attached hydrogens (tertiary/aromatic N) is 2. The van der Waals surface area contributed by atoms with Crippen LogP contribution in [-0.4, -0.2) is 10.8 Å². The van der Waals surface area contributed by atoms with Crippen LogP contribution in [-0.2, 0) is 11.4 Å². The Labute approximate surface area is 206 Å². The van der Waals surface area contributed by atoms with Crippen LogP contribution in [0.5, 0.6) is 5.75 Å². The van der Waals surface area contributed by atoms with Crippen molar-refractivity contribution < 1.29 is 14.5 Å². The minimum atomic E-state index is -0.715. The summed E-state index contributed by atoms with van der Waals surface area (Å²) in [6.45, 7) is 0.269. The van der Waals surface area contributed by atoms with Crippen LogP contribution in [0.15, 0.2) is 90.5 Å². The van der Waals surface area contributed by atoms with E-state index in [4.69, 9.17) is 16.3 Å². The normalized spacial score (nSPS) is 11.0. The van der Waals surface area contributed by atoms with Crippen molar-refractivity contribution in [2.24, 2.45) is 0 Å². The molecule has 0 saturated carbocycles. The molecule has 0 spiro atoms. The van der Waals surface area contributed by atoms with Crippen molar-refractivity contribution in [1.29, 1.82) is 5.26 Å². The second-order valence-electron chi connectivity index (χ2n) is 7.54. The van der Waals surface area contributed by atoms with Crippen molar-refractivity contribution in [2.45, 2.75) is 6.61 Å². The van der Waals surface area contributed by atoms with Crippen LogP contribution in [0.2, 0.25) is 5.02 Å². The molecule has 8 heteroatoms. The molecule has 0 aliphatic carbocycles. The van der Waals surface area contributed by atoms with E-state index in [1.165, 1.54) is 30.3 Å². The Morgan fingerprint density at radius 2 is 1.83 bits per heavy atom. The molecule has 4 aromatic rings. The van der Waals surface area contributed by atoms with Crippen LogP contribution in [0.1, 0.15) is 11.1 Å². The fraction of sp³-hybridized carbons (Fsp3) is 0.0370. The molecule has 0 radical (unpaired) electrons. The minimum Gasteiger partial charge on any atom is -0.488 e. The number of benzene rings is 4. The molecule has 35 heavy (non-hydrogen) atoms. The van der Waals surface area contributed by atoms with Gasteiger partial charge in [-0.1, -0.05) is 60.1 Å². The number of amides is 1. The number of nitriles is 1. The Balaban J connectivity index is 1.59. The number of nitrogens with one attached hydrogen (secondary N) is 1. The first-order chi connectivity index (χ1) is 16.9. The number of non-ortho nitro benzene ring substituents is 1. The lowest BCUT2D eigenvalue weighted by Crippen LogP contribution is -2.13. The van der Waals surface area contributed by atoms with E-state index in [1.807, 2.05) is 48.5 Å². The van der Waals surface area contributed by atoms with Crippen molar-refractivity contribution >= 4 is 45.7 Å². The van der Waals surface area contributed by atoms with Crippen molar-refractivity contribution in [2.75, 3.05) is 5.32 Å². The first-order valence-corrected chi connectivity index (χ1v) is 10.9. The van der Waals surface area contributed by atoms with Crippen LogP contribution in [0.3, 0.4) is 0 Å². The molecular formula is C27H18ClN3O4. The monoisotopic (exact) mass is 483 g/mol. The minimum absolute atomic E-state index is 0.177. The SMILES string of the molecule is N#C/C(=C\c1cc(Cl)ccc1OCc1cccc2ccccc12)C(=O)Nc1cccc([N+](=O)[O-])c1. The topological polar surface area (TPSA) is 105 Å². The number of halogens is 1. The van der Waals surface area contributed by atoms with Gasteiger partial charge in [-0.05, 0) is 46.7 Å². The van der Waals surface area contributed by atoms with E-state index in [2.05, 4.69) is 5.32 Å². The number of rotatable bonds is 7. The van der Waals surface area contributed by atoms with Gasteiger partial charge in [-0.15, -0.1) is 0 Å². The molecule has 1 N–H and O–H groups in total. The van der Waals surface area contributed by atoms with Crippen molar-refractivity contribution in [3.8, 4) is 11.8 Å². The van der Waals surface area contributed by atoms with E-state index in [0.717, 1.165) is 16.3 Å². The molecule has 0 bridgehead atoms. The van der Waals surface area contributed by atoms with Gasteiger partial charge in [-0.3, -0.25) is 14.9 Å². The van der Waals surface area contributed by atoms with Gasteiger partial charge >= 0.3 is 0 Å². The van der Waals surface area contributed by atoms with Gasteiger partial charge < -0.3 is 10.1 Å². The summed E-state index contributed by atoms with van der Waals surface area (Å²) >= 11 is 6.16. The number of fused-ring (bicyclic) bond motifs is 1. The summed E-state index contributed by atoms with van der Waals surface area (Å²) < 4.78 is 6.05. The number of hydrogen-bond donors (Lipinski definition) is 1. The molecule has 4 rings (SSSR count). The summed E-state index contributed by atoms with van der Waals surface area (Å²) in [6.07, 6.45) is 1.37. The molecule has 0 heterocycles. The van der Waals surface area contributed by atoms with Crippen molar-refractivity contribution in [3.05, 3.63) is 117 Å². The van der Waals surface area contributed by atoms with Crippen LogP contribution >= 0.6 is 11.6 Å². The van der Waals surface area contributed by atoms with Gasteiger partial charge in [-0.25, -0.2) is 0 Å².